The molecule has 5 rings (SSSR count). The van der Waals surface area contributed by atoms with Crippen LogP contribution in [0.3, 0.4) is 0 Å². The van der Waals surface area contributed by atoms with Crippen LogP contribution in [-0.2, 0) is 17.8 Å². The first-order chi connectivity index (χ1) is 15.6. The first kappa shape index (κ1) is 20.8. The molecule has 0 bridgehead atoms. The number of amides is 1. The van der Waals surface area contributed by atoms with Gasteiger partial charge in [-0.1, -0.05) is 0 Å². The predicted molar refractivity (Wildman–Crippen MR) is 118 cm³/mol. The largest absolute Gasteiger partial charge is 0.486 e. The fraction of sp³-hybridized carbons (Fsp3) is 0.522. The molecule has 1 fully saturated rings. The minimum atomic E-state index is -0.0317. The zero-order chi connectivity index (χ0) is 22.1. The summed E-state index contributed by atoms with van der Waals surface area (Å²) in [5.74, 6) is 3.80. The lowest BCUT2D eigenvalue weighted by Crippen LogP contribution is -2.33. The van der Waals surface area contributed by atoms with E-state index in [1.807, 2.05) is 18.0 Å². The number of rotatable bonds is 5. The standard InChI is InChI=1S/C23H29N5O4/c1-24-23-17-13-27(2)7-6-18(17)25-22(26-23)15-5-8-28(12-15)21(29)14-32-16-3-4-19-20(11-16)31-10-9-30-19/h3-4,11,15H,5-10,12-14H2,1-2H3,(H,24,25,26)/t15-/m0/s1. The van der Waals surface area contributed by atoms with E-state index in [9.17, 15) is 4.79 Å². The van der Waals surface area contributed by atoms with E-state index in [1.165, 1.54) is 5.56 Å². The number of carbonyl (C=O) groups is 1. The Bertz CT molecular complexity index is 997. The maximum atomic E-state index is 12.8. The molecule has 0 saturated carbocycles. The summed E-state index contributed by atoms with van der Waals surface area (Å²) in [6.07, 6.45) is 1.78. The van der Waals surface area contributed by atoms with Crippen molar-refractivity contribution in [1.82, 2.24) is 19.8 Å². The van der Waals surface area contributed by atoms with Crippen molar-refractivity contribution in [3.63, 3.8) is 0 Å². The third kappa shape index (κ3) is 4.17. The first-order valence-electron chi connectivity index (χ1n) is 11.2. The van der Waals surface area contributed by atoms with Gasteiger partial charge in [0.2, 0.25) is 0 Å². The zero-order valence-electron chi connectivity index (χ0n) is 18.6. The minimum Gasteiger partial charge on any atom is -0.486 e. The molecule has 1 aromatic heterocycles. The van der Waals surface area contributed by atoms with Gasteiger partial charge >= 0.3 is 0 Å². The summed E-state index contributed by atoms with van der Waals surface area (Å²) in [5, 5.41) is 3.24. The van der Waals surface area contributed by atoms with Gasteiger partial charge in [-0.05, 0) is 25.6 Å². The smallest absolute Gasteiger partial charge is 0.260 e. The van der Waals surface area contributed by atoms with E-state index in [4.69, 9.17) is 24.2 Å². The van der Waals surface area contributed by atoms with Crippen molar-refractivity contribution in [2.75, 3.05) is 58.9 Å². The molecule has 0 aliphatic carbocycles. The quantitative estimate of drug-likeness (QED) is 0.753. The average molecular weight is 440 g/mol. The number of fused-ring (bicyclic) bond motifs is 2. The molecule has 1 atom stereocenters. The van der Waals surface area contributed by atoms with Crippen LogP contribution in [0.4, 0.5) is 5.82 Å². The third-order valence-electron chi connectivity index (χ3n) is 6.29. The van der Waals surface area contributed by atoms with Gasteiger partial charge in [-0.15, -0.1) is 0 Å². The molecule has 4 heterocycles. The molecule has 1 aromatic carbocycles. The summed E-state index contributed by atoms with van der Waals surface area (Å²) in [4.78, 5) is 26.6. The Morgan fingerprint density at radius 2 is 2.06 bits per heavy atom. The van der Waals surface area contributed by atoms with Crippen LogP contribution in [0.2, 0.25) is 0 Å². The summed E-state index contributed by atoms with van der Waals surface area (Å²) in [6, 6.07) is 5.38. The Morgan fingerprint density at radius 1 is 1.22 bits per heavy atom. The van der Waals surface area contributed by atoms with E-state index in [0.717, 1.165) is 43.3 Å². The molecule has 1 amide bonds. The monoisotopic (exact) mass is 439 g/mol. The summed E-state index contributed by atoms with van der Waals surface area (Å²) < 4.78 is 16.8. The molecule has 0 spiro atoms. The first-order valence-corrected chi connectivity index (χ1v) is 11.2. The summed E-state index contributed by atoms with van der Waals surface area (Å²) in [6.45, 7) is 4.21. The molecule has 1 N–H and O–H groups in total. The third-order valence-corrected chi connectivity index (χ3v) is 6.29. The molecule has 0 unspecified atom stereocenters. The van der Waals surface area contributed by atoms with Crippen molar-refractivity contribution in [3.8, 4) is 17.2 Å². The number of likely N-dealkylation sites (tertiary alicyclic amines) is 1. The molecule has 3 aliphatic heterocycles. The van der Waals surface area contributed by atoms with Gasteiger partial charge in [-0.25, -0.2) is 9.97 Å². The van der Waals surface area contributed by atoms with E-state index in [2.05, 4.69) is 17.3 Å². The second-order valence-corrected chi connectivity index (χ2v) is 8.51. The van der Waals surface area contributed by atoms with Crippen LogP contribution in [-0.4, -0.2) is 79.2 Å². The van der Waals surface area contributed by atoms with Crippen molar-refractivity contribution in [3.05, 3.63) is 35.3 Å². The number of hydrogen-bond acceptors (Lipinski definition) is 8. The topological polar surface area (TPSA) is 89.1 Å². The van der Waals surface area contributed by atoms with Gasteiger partial charge in [0.1, 0.15) is 30.6 Å². The number of nitrogens with zero attached hydrogens (tertiary/aromatic N) is 4. The van der Waals surface area contributed by atoms with Gasteiger partial charge < -0.3 is 29.3 Å². The van der Waals surface area contributed by atoms with Crippen LogP contribution >= 0.6 is 0 Å². The van der Waals surface area contributed by atoms with E-state index >= 15 is 0 Å². The van der Waals surface area contributed by atoms with E-state index in [-0.39, 0.29) is 18.4 Å². The van der Waals surface area contributed by atoms with Gasteiger partial charge in [0.15, 0.2) is 18.1 Å². The highest BCUT2D eigenvalue weighted by molar-refractivity contribution is 5.78. The summed E-state index contributed by atoms with van der Waals surface area (Å²) >= 11 is 0. The molecule has 170 valence electrons. The fourth-order valence-corrected chi connectivity index (χ4v) is 4.50. The lowest BCUT2D eigenvalue weighted by molar-refractivity contribution is -0.132. The lowest BCUT2D eigenvalue weighted by Gasteiger charge is -2.26. The number of aromatic nitrogens is 2. The van der Waals surface area contributed by atoms with Gasteiger partial charge in [0.25, 0.3) is 5.91 Å². The fourth-order valence-electron chi connectivity index (χ4n) is 4.50. The normalized spacial score (nSPS) is 20.1. The number of benzene rings is 1. The highest BCUT2D eigenvalue weighted by atomic mass is 16.6. The molecule has 1 saturated heterocycles. The van der Waals surface area contributed by atoms with E-state index in [1.54, 1.807) is 12.1 Å². The molecule has 2 aromatic rings. The number of likely N-dealkylation sites (N-methyl/N-ethyl adjacent to an activating group) is 1. The number of carbonyl (C=O) groups excluding carboxylic acids is 1. The Hall–Kier alpha value is -3.07. The maximum absolute atomic E-state index is 12.8. The van der Waals surface area contributed by atoms with E-state index in [0.29, 0.717) is 43.6 Å². The van der Waals surface area contributed by atoms with Crippen LogP contribution in [0, 0.1) is 0 Å². The molecule has 9 heteroatoms. The van der Waals surface area contributed by atoms with Crippen LogP contribution in [0.5, 0.6) is 17.2 Å². The van der Waals surface area contributed by atoms with Crippen LogP contribution in [0.25, 0.3) is 0 Å². The zero-order valence-corrected chi connectivity index (χ0v) is 18.6. The average Bonchev–Trinajstić information content (AvgIpc) is 3.32. The van der Waals surface area contributed by atoms with Crippen molar-refractivity contribution in [2.45, 2.75) is 25.3 Å². The van der Waals surface area contributed by atoms with Crippen molar-refractivity contribution in [1.29, 1.82) is 0 Å². The van der Waals surface area contributed by atoms with Gasteiger partial charge in [-0.3, -0.25) is 4.79 Å². The van der Waals surface area contributed by atoms with Crippen LogP contribution in [0.15, 0.2) is 18.2 Å². The van der Waals surface area contributed by atoms with Crippen molar-refractivity contribution < 1.29 is 19.0 Å². The summed E-state index contributed by atoms with van der Waals surface area (Å²) in [5.41, 5.74) is 2.31. The highest BCUT2D eigenvalue weighted by Crippen LogP contribution is 2.34. The predicted octanol–water partition coefficient (Wildman–Crippen LogP) is 1.67. The second kappa shape index (κ2) is 8.82. The van der Waals surface area contributed by atoms with Crippen LogP contribution in [0.1, 0.15) is 29.4 Å². The minimum absolute atomic E-state index is 0.00842. The van der Waals surface area contributed by atoms with Gasteiger partial charge in [-0.2, -0.15) is 0 Å². The molecule has 9 nitrogen and oxygen atoms in total. The molecular weight excluding hydrogens is 410 g/mol. The van der Waals surface area contributed by atoms with Crippen molar-refractivity contribution >= 4 is 11.7 Å². The Kier molecular flexibility index (Phi) is 5.73. The Labute approximate surface area is 187 Å². The number of hydrogen-bond donors (Lipinski definition) is 1. The van der Waals surface area contributed by atoms with Gasteiger partial charge in [0, 0.05) is 57.2 Å². The SMILES string of the molecule is CNc1nc([C@H]2CCN(C(=O)COc3ccc4c(c3)OCCO4)C2)nc2c1CN(C)CC2. The number of anilines is 1. The Balaban J connectivity index is 1.21. The maximum Gasteiger partial charge on any atom is 0.260 e. The van der Waals surface area contributed by atoms with Crippen molar-refractivity contribution in [2.24, 2.45) is 0 Å². The summed E-state index contributed by atoms with van der Waals surface area (Å²) in [7, 11) is 4.02. The molecular formula is C23H29N5O4. The second-order valence-electron chi connectivity index (χ2n) is 8.51. The number of ether oxygens (including phenoxy) is 3. The van der Waals surface area contributed by atoms with Crippen LogP contribution < -0.4 is 19.5 Å². The molecule has 3 aliphatic rings. The number of nitrogens with one attached hydrogen (secondary N) is 1. The lowest BCUT2D eigenvalue weighted by atomic mass is 10.0. The molecule has 0 radical (unpaired) electrons. The molecule has 32 heavy (non-hydrogen) atoms. The van der Waals surface area contributed by atoms with E-state index < -0.39 is 0 Å². The Morgan fingerprint density at radius 3 is 2.91 bits per heavy atom. The highest BCUT2D eigenvalue weighted by Gasteiger charge is 2.31. The van der Waals surface area contributed by atoms with Gasteiger partial charge in [0.05, 0.1) is 5.69 Å².